The normalized spacial score (nSPS) is 14.2. The minimum atomic E-state index is -1.05. The molecule has 0 aliphatic heterocycles. The van der Waals surface area contributed by atoms with Gasteiger partial charge in [-0.25, -0.2) is 4.99 Å². The number of furan rings is 1. The van der Waals surface area contributed by atoms with Gasteiger partial charge in [0.1, 0.15) is 17.1 Å². The molecule has 1 atom stereocenters. The molecule has 28 heavy (non-hydrogen) atoms. The largest absolute Gasteiger partial charge is 0.466 e. The van der Waals surface area contributed by atoms with Gasteiger partial charge in [0.15, 0.2) is 5.96 Å². The summed E-state index contributed by atoms with van der Waals surface area (Å²) in [5.74, 6) is 2.22. The fraction of sp³-hybridized carbons (Fsp3) is 0.500. The summed E-state index contributed by atoms with van der Waals surface area (Å²) in [6.45, 7) is 10.1. The highest BCUT2D eigenvalue weighted by molar-refractivity contribution is 5.79. The van der Waals surface area contributed by atoms with Crippen LogP contribution in [0.4, 0.5) is 0 Å². The minimum Gasteiger partial charge on any atom is -0.466 e. The van der Waals surface area contributed by atoms with Crippen molar-refractivity contribution < 1.29 is 9.52 Å². The first-order chi connectivity index (χ1) is 13.2. The molecule has 0 spiro atoms. The van der Waals surface area contributed by atoms with Crippen molar-refractivity contribution in [3.05, 3.63) is 58.5 Å². The summed E-state index contributed by atoms with van der Waals surface area (Å²) >= 11 is 0. The van der Waals surface area contributed by atoms with E-state index in [0.29, 0.717) is 19.0 Å². The van der Waals surface area contributed by atoms with Gasteiger partial charge >= 0.3 is 0 Å². The highest BCUT2D eigenvalue weighted by Crippen LogP contribution is 2.26. The summed E-state index contributed by atoms with van der Waals surface area (Å²) in [6.07, 6.45) is 0. The van der Waals surface area contributed by atoms with E-state index in [1.54, 1.807) is 6.92 Å². The van der Waals surface area contributed by atoms with Crippen molar-refractivity contribution >= 4 is 5.96 Å². The highest BCUT2D eigenvalue weighted by atomic mass is 16.3. The molecular weight excluding hydrogens is 352 g/mol. The van der Waals surface area contributed by atoms with Crippen LogP contribution in [0.2, 0.25) is 0 Å². The van der Waals surface area contributed by atoms with E-state index in [4.69, 9.17) is 4.42 Å². The maximum absolute atomic E-state index is 10.9. The van der Waals surface area contributed by atoms with Gasteiger partial charge in [-0.05, 0) is 59.0 Å². The lowest BCUT2D eigenvalue weighted by molar-refractivity contribution is 0.0601. The lowest BCUT2D eigenvalue weighted by atomic mass is 9.96. The molecule has 1 aromatic carbocycles. The Morgan fingerprint density at radius 2 is 1.79 bits per heavy atom. The number of hydrogen-bond acceptors (Lipinski definition) is 4. The standard InChI is InChI=1S/C22H34N4O2/c1-7-23-21(24-13-18-8-10-19(11-9-18)14-26(5)6)25-15-22(4,27)20-12-16(2)28-17(20)3/h8-12,27H,7,13-15H2,1-6H3,(H2,23,24,25). The van der Waals surface area contributed by atoms with Gasteiger partial charge in [-0.15, -0.1) is 0 Å². The van der Waals surface area contributed by atoms with Gasteiger partial charge in [-0.3, -0.25) is 0 Å². The molecule has 2 rings (SSSR count). The molecule has 6 heteroatoms. The topological polar surface area (TPSA) is 73.0 Å². The second kappa shape index (κ2) is 9.75. The van der Waals surface area contributed by atoms with E-state index in [1.807, 2.05) is 26.8 Å². The first kappa shape index (κ1) is 22.0. The molecule has 0 saturated heterocycles. The molecule has 3 N–H and O–H groups in total. The number of hydrogen-bond donors (Lipinski definition) is 3. The lowest BCUT2D eigenvalue weighted by Gasteiger charge is -2.24. The molecule has 0 fully saturated rings. The van der Waals surface area contributed by atoms with E-state index >= 15 is 0 Å². The summed E-state index contributed by atoms with van der Waals surface area (Å²) < 4.78 is 5.56. The predicted octanol–water partition coefficient (Wildman–Crippen LogP) is 2.92. The van der Waals surface area contributed by atoms with Gasteiger partial charge in [0.05, 0.1) is 13.1 Å². The van der Waals surface area contributed by atoms with Crippen molar-refractivity contribution in [3.8, 4) is 0 Å². The molecular formula is C22H34N4O2. The maximum atomic E-state index is 10.9. The van der Waals surface area contributed by atoms with Gasteiger partial charge in [-0.1, -0.05) is 24.3 Å². The van der Waals surface area contributed by atoms with E-state index in [9.17, 15) is 5.11 Å². The maximum Gasteiger partial charge on any atom is 0.191 e. The molecule has 154 valence electrons. The number of aryl methyl sites for hydroxylation is 2. The Balaban J connectivity index is 2.01. The molecule has 0 aliphatic carbocycles. The van der Waals surface area contributed by atoms with E-state index in [2.05, 4.69) is 58.9 Å². The Kier molecular flexibility index (Phi) is 7.66. The fourth-order valence-corrected chi connectivity index (χ4v) is 3.14. The Morgan fingerprint density at radius 3 is 2.32 bits per heavy atom. The minimum absolute atomic E-state index is 0.334. The van der Waals surface area contributed by atoms with Crippen LogP contribution in [0.5, 0.6) is 0 Å². The molecule has 0 bridgehead atoms. The molecule has 1 heterocycles. The third-order valence-corrected chi connectivity index (χ3v) is 4.51. The monoisotopic (exact) mass is 386 g/mol. The van der Waals surface area contributed by atoms with Gasteiger partial charge < -0.3 is 25.1 Å². The molecule has 0 amide bonds. The Hall–Kier alpha value is -2.31. The van der Waals surface area contributed by atoms with E-state index < -0.39 is 5.60 Å². The van der Waals surface area contributed by atoms with Crippen LogP contribution in [-0.4, -0.2) is 43.2 Å². The smallest absolute Gasteiger partial charge is 0.191 e. The molecule has 0 saturated carbocycles. The van der Waals surface area contributed by atoms with Crippen LogP contribution in [0.15, 0.2) is 39.7 Å². The van der Waals surface area contributed by atoms with Crippen molar-refractivity contribution in [1.82, 2.24) is 15.5 Å². The summed E-state index contributed by atoms with van der Waals surface area (Å²) in [5.41, 5.74) is 2.17. The summed E-state index contributed by atoms with van der Waals surface area (Å²) in [6, 6.07) is 10.4. The van der Waals surface area contributed by atoms with Gasteiger partial charge in [0.2, 0.25) is 0 Å². The number of aliphatic imine (C=N–C) groups is 1. The van der Waals surface area contributed by atoms with Crippen LogP contribution in [0.3, 0.4) is 0 Å². The second-order valence-corrected chi connectivity index (χ2v) is 7.70. The third kappa shape index (κ3) is 6.39. The van der Waals surface area contributed by atoms with Gasteiger partial charge in [0, 0.05) is 18.7 Å². The number of guanidine groups is 1. The summed E-state index contributed by atoms with van der Waals surface area (Å²) in [5, 5.41) is 17.4. The zero-order valence-corrected chi connectivity index (χ0v) is 18.0. The molecule has 1 aromatic heterocycles. The molecule has 6 nitrogen and oxygen atoms in total. The van der Waals surface area contributed by atoms with Crippen LogP contribution in [0.25, 0.3) is 0 Å². The number of nitrogens with one attached hydrogen (secondary N) is 2. The first-order valence-electron chi connectivity index (χ1n) is 9.76. The second-order valence-electron chi connectivity index (χ2n) is 7.70. The van der Waals surface area contributed by atoms with Crippen LogP contribution in [0.1, 0.15) is 42.1 Å². The van der Waals surface area contributed by atoms with Crippen molar-refractivity contribution in [3.63, 3.8) is 0 Å². The molecule has 0 aliphatic rings. The average Bonchev–Trinajstić information content (AvgIpc) is 2.97. The Bertz CT molecular complexity index is 776. The van der Waals surface area contributed by atoms with Crippen molar-refractivity contribution in [1.29, 1.82) is 0 Å². The van der Waals surface area contributed by atoms with Crippen molar-refractivity contribution in [2.45, 2.75) is 46.4 Å². The Morgan fingerprint density at radius 1 is 1.14 bits per heavy atom. The number of rotatable bonds is 8. The third-order valence-electron chi connectivity index (χ3n) is 4.51. The number of nitrogens with zero attached hydrogens (tertiary/aromatic N) is 2. The molecule has 1 unspecified atom stereocenters. The van der Waals surface area contributed by atoms with Crippen LogP contribution in [-0.2, 0) is 18.7 Å². The summed E-state index contributed by atoms with van der Waals surface area (Å²) in [7, 11) is 4.13. The predicted molar refractivity (Wildman–Crippen MR) is 114 cm³/mol. The van der Waals surface area contributed by atoms with Crippen molar-refractivity contribution in [2.75, 3.05) is 27.2 Å². The summed E-state index contributed by atoms with van der Waals surface area (Å²) in [4.78, 5) is 6.80. The highest BCUT2D eigenvalue weighted by Gasteiger charge is 2.27. The number of benzene rings is 1. The molecule has 0 radical (unpaired) electrons. The zero-order chi connectivity index (χ0) is 20.7. The van der Waals surface area contributed by atoms with Crippen LogP contribution < -0.4 is 10.6 Å². The van der Waals surface area contributed by atoms with E-state index in [0.717, 1.165) is 35.7 Å². The quantitative estimate of drug-likeness (QED) is 0.481. The first-order valence-corrected chi connectivity index (χ1v) is 9.76. The van der Waals surface area contributed by atoms with Gasteiger partial charge in [0.25, 0.3) is 0 Å². The van der Waals surface area contributed by atoms with Crippen LogP contribution >= 0.6 is 0 Å². The average molecular weight is 387 g/mol. The molecule has 2 aromatic rings. The van der Waals surface area contributed by atoms with E-state index in [-0.39, 0.29) is 0 Å². The Labute approximate surface area is 168 Å². The van der Waals surface area contributed by atoms with Crippen molar-refractivity contribution in [2.24, 2.45) is 4.99 Å². The SMILES string of the molecule is CCNC(=NCc1ccc(CN(C)C)cc1)NCC(C)(O)c1cc(C)oc1C. The fourth-order valence-electron chi connectivity index (χ4n) is 3.14. The van der Waals surface area contributed by atoms with E-state index in [1.165, 1.54) is 5.56 Å². The number of aliphatic hydroxyl groups is 1. The van der Waals surface area contributed by atoms with Gasteiger partial charge in [-0.2, -0.15) is 0 Å². The lowest BCUT2D eigenvalue weighted by Crippen LogP contribution is -2.44. The van der Waals surface area contributed by atoms with Crippen LogP contribution in [0, 0.1) is 13.8 Å². The zero-order valence-electron chi connectivity index (χ0n) is 18.0.